The van der Waals surface area contributed by atoms with Crippen molar-refractivity contribution in [3.63, 3.8) is 0 Å². The van der Waals surface area contributed by atoms with E-state index in [0.29, 0.717) is 0 Å². The third-order valence-corrected chi connectivity index (χ3v) is 6.33. The van der Waals surface area contributed by atoms with E-state index < -0.39 is 9.73 Å². The Morgan fingerprint density at radius 1 is 1.43 bits per heavy atom. The van der Waals surface area contributed by atoms with Gasteiger partial charge < -0.3 is 0 Å². The minimum absolute atomic E-state index is 0.0168. The maximum absolute atomic E-state index is 12.2. The van der Waals surface area contributed by atoms with Crippen LogP contribution in [0.1, 0.15) is 52.9 Å². The van der Waals surface area contributed by atoms with E-state index in [1.807, 2.05) is 13.8 Å². The summed E-state index contributed by atoms with van der Waals surface area (Å²) in [7, 11) is -2.34. The Morgan fingerprint density at radius 2 is 2.07 bits per heavy atom. The van der Waals surface area contributed by atoms with Crippen molar-refractivity contribution < 1.29 is 4.21 Å². The Kier molecular flexibility index (Phi) is 3.99. The molecule has 0 spiro atoms. The van der Waals surface area contributed by atoms with Gasteiger partial charge in [-0.25, -0.2) is 4.21 Å². The summed E-state index contributed by atoms with van der Waals surface area (Å²) in [4.78, 5) is 0. The fourth-order valence-corrected chi connectivity index (χ4v) is 4.16. The third-order valence-electron chi connectivity index (χ3n) is 3.51. The van der Waals surface area contributed by atoms with Crippen LogP contribution in [0.5, 0.6) is 0 Å². The van der Waals surface area contributed by atoms with Crippen molar-refractivity contribution in [2.24, 2.45) is 5.92 Å². The van der Waals surface area contributed by atoms with E-state index in [4.69, 9.17) is 4.78 Å². The molecule has 1 saturated carbocycles. The van der Waals surface area contributed by atoms with E-state index in [1.165, 1.54) is 19.3 Å². The summed E-state index contributed by atoms with van der Waals surface area (Å²) < 4.78 is 20.1. The zero-order valence-electron chi connectivity index (χ0n) is 9.58. The maximum atomic E-state index is 12.2. The molecule has 0 heterocycles. The van der Waals surface area contributed by atoms with Gasteiger partial charge >= 0.3 is 0 Å². The molecule has 0 aromatic rings. The van der Waals surface area contributed by atoms with Crippen molar-refractivity contribution in [3.05, 3.63) is 0 Å². The summed E-state index contributed by atoms with van der Waals surface area (Å²) in [6, 6.07) is 0. The highest BCUT2D eigenvalue weighted by Crippen LogP contribution is 2.32. The Bertz CT molecular complexity index is 269. The van der Waals surface area contributed by atoms with E-state index in [0.717, 1.165) is 18.8 Å². The molecule has 0 aromatic carbocycles. The molecule has 1 aliphatic rings. The van der Waals surface area contributed by atoms with Gasteiger partial charge in [0.05, 0.1) is 0 Å². The van der Waals surface area contributed by atoms with E-state index >= 15 is 0 Å². The molecule has 1 N–H and O–H groups in total. The highest BCUT2D eigenvalue weighted by molar-refractivity contribution is 7.93. The molecule has 84 valence electrons. The van der Waals surface area contributed by atoms with Crippen LogP contribution in [0, 0.1) is 10.7 Å². The zero-order valence-corrected chi connectivity index (χ0v) is 10.4. The summed E-state index contributed by atoms with van der Waals surface area (Å²) in [5, 5.41) is 0.185. The fraction of sp³-hybridized carbons (Fsp3) is 1.00. The molecule has 0 aromatic heterocycles. The summed E-state index contributed by atoms with van der Waals surface area (Å²) in [5.74, 6) is 0.721. The van der Waals surface area contributed by atoms with Crippen molar-refractivity contribution in [3.8, 4) is 0 Å². The van der Waals surface area contributed by atoms with Crippen LogP contribution in [0.25, 0.3) is 0 Å². The van der Waals surface area contributed by atoms with Gasteiger partial charge in [0.1, 0.15) is 0 Å². The summed E-state index contributed by atoms with van der Waals surface area (Å²) >= 11 is 0. The highest BCUT2D eigenvalue weighted by Gasteiger charge is 2.30. The standard InChI is InChI=1S/C11H23NOS/c1-4-10-6-5-7-11(8-10)14(12,13)9(2)3/h9-12H,4-8H2,1-3H3. The molecule has 3 heteroatoms. The van der Waals surface area contributed by atoms with E-state index in [1.54, 1.807) is 0 Å². The summed E-state index contributed by atoms with van der Waals surface area (Å²) in [5.41, 5.74) is 0. The second kappa shape index (κ2) is 4.65. The first-order valence-electron chi connectivity index (χ1n) is 5.75. The van der Waals surface area contributed by atoms with Crippen molar-refractivity contribution in [2.75, 3.05) is 0 Å². The second-order valence-corrected chi connectivity index (χ2v) is 7.66. The van der Waals surface area contributed by atoms with E-state index in [-0.39, 0.29) is 10.5 Å². The minimum Gasteiger partial charge on any atom is -0.252 e. The quantitative estimate of drug-likeness (QED) is 0.773. The van der Waals surface area contributed by atoms with Gasteiger partial charge in [0.15, 0.2) is 0 Å². The van der Waals surface area contributed by atoms with Crippen LogP contribution >= 0.6 is 0 Å². The SMILES string of the molecule is CCC1CCCC(S(=N)(=O)C(C)C)C1. The van der Waals surface area contributed by atoms with Crippen LogP contribution in [0.3, 0.4) is 0 Å². The van der Waals surface area contributed by atoms with Crippen LogP contribution in [-0.2, 0) is 9.73 Å². The third kappa shape index (κ3) is 2.50. The summed E-state index contributed by atoms with van der Waals surface area (Å²) in [6.07, 6.45) is 5.67. The minimum atomic E-state index is -2.34. The smallest absolute Gasteiger partial charge is 0.0494 e. The molecule has 1 aliphatic carbocycles. The molecule has 14 heavy (non-hydrogen) atoms. The van der Waals surface area contributed by atoms with E-state index in [9.17, 15) is 4.21 Å². The number of nitrogens with one attached hydrogen (secondary N) is 1. The molecule has 0 aliphatic heterocycles. The molecule has 0 saturated heterocycles. The Labute approximate surface area is 88.5 Å². The normalized spacial score (nSPS) is 32.9. The monoisotopic (exact) mass is 217 g/mol. The first-order valence-corrected chi connectivity index (χ1v) is 7.43. The van der Waals surface area contributed by atoms with Gasteiger partial charge in [-0.05, 0) is 18.8 Å². The molecule has 3 atom stereocenters. The van der Waals surface area contributed by atoms with E-state index in [2.05, 4.69) is 6.92 Å². The molecular formula is C11H23NOS. The largest absolute Gasteiger partial charge is 0.252 e. The van der Waals surface area contributed by atoms with Gasteiger partial charge in [0.25, 0.3) is 0 Å². The van der Waals surface area contributed by atoms with Crippen molar-refractivity contribution in [1.82, 2.24) is 0 Å². The van der Waals surface area contributed by atoms with Crippen molar-refractivity contribution in [2.45, 2.75) is 63.4 Å². The summed E-state index contributed by atoms with van der Waals surface area (Å²) in [6.45, 7) is 6.05. The second-order valence-electron chi connectivity index (χ2n) is 4.76. The predicted molar refractivity (Wildman–Crippen MR) is 62.0 cm³/mol. The lowest BCUT2D eigenvalue weighted by molar-refractivity contribution is 0.351. The topological polar surface area (TPSA) is 40.9 Å². The lowest BCUT2D eigenvalue weighted by Gasteiger charge is -2.31. The van der Waals surface area contributed by atoms with Crippen molar-refractivity contribution in [1.29, 1.82) is 4.78 Å². The molecule has 0 amide bonds. The van der Waals surface area contributed by atoms with Crippen LogP contribution in [0.15, 0.2) is 0 Å². The van der Waals surface area contributed by atoms with Crippen LogP contribution in [-0.4, -0.2) is 14.7 Å². The number of rotatable bonds is 3. The fourth-order valence-electron chi connectivity index (χ4n) is 2.32. The average molecular weight is 217 g/mol. The zero-order chi connectivity index (χ0) is 10.8. The molecule has 0 bridgehead atoms. The number of hydrogen-bond acceptors (Lipinski definition) is 2. The van der Waals surface area contributed by atoms with Crippen molar-refractivity contribution >= 4 is 9.73 Å². The van der Waals surface area contributed by atoms with Crippen LogP contribution < -0.4 is 0 Å². The molecule has 0 radical (unpaired) electrons. The van der Waals surface area contributed by atoms with Gasteiger partial charge in [0.2, 0.25) is 0 Å². The predicted octanol–water partition coefficient (Wildman–Crippen LogP) is 3.41. The molecule has 2 nitrogen and oxygen atoms in total. The number of hydrogen-bond donors (Lipinski definition) is 1. The first-order chi connectivity index (χ1) is 6.48. The van der Waals surface area contributed by atoms with Gasteiger partial charge in [-0.15, -0.1) is 0 Å². The molecule has 3 unspecified atom stereocenters. The molecule has 1 rings (SSSR count). The Morgan fingerprint density at radius 3 is 2.57 bits per heavy atom. The van der Waals surface area contributed by atoms with Gasteiger partial charge in [0, 0.05) is 20.2 Å². The molecular weight excluding hydrogens is 194 g/mol. The highest BCUT2D eigenvalue weighted by atomic mass is 32.2. The van der Waals surface area contributed by atoms with Crippen LogP contribution in [0.4, 0.5) is 0 Å². The first kappa shape index (κ1) is 12.0. The maximum Gasteiger partial charge on any atom is 0.0494 e. The lowest BCUT2D eigenvalue weighted by atomic mass is 9.87. The molecule has 1 fully saturated rings. The lowest BCUT2D eigenvalue weighted by Crippen LogP contribution is -2.32. The Hall–Kier alpha value is -0.0500. The van der Waals surface area contributed by atoms with Gasteiger partial charge in [-0.2, -0.15) is 0 Å². The van der Waals surface area contributed by atoms with Gasteiger partial charge in [-0.3, -0.25) is 4.78 Å². The average Bonchev–Trinajstić information content (AvgIpc) is 2.17. The van der Waals surface area contributed by atoms with Crippen LogP contribution in [0.2, 0.25) is 0 Å². The Balaban J connectivity index is 2.69. The van der Waals surface area contributed by atoms with Gasteiger partial charge in [-0.1, -0.05) is 40.0 Å².